The lowest BCUT2D eigenvalue weighted by Gasteiger charge is -2.21. The third kappa shape index (κ3) is 4.00. The van der Waals surface area contributed by atoms with Crippen LogP contribution in [0.1, 0.15) is 39.1 Å². The summed E-state index contributed by atoms with van der Waals surface area (Å²) in [6.07, 6.45) is 2.28. The van der Waals surface area contributed by atoms with Crippen molar-refractivity contribution in [3.05, 3.63) is 34.9 Å². The van der Waals surface area contributed by atoms with Crippen molar-refractivity contribution in [2.45, 2.75) is 19.8 Å². The number of hydrogen-bond donors (Lipinski definition) is 2. The Balaban J connectivity index is 1.99. The zero-order valence-corrected chi connectivity index (χ0v) is 12.3. The molecule has 5 heteroatoms. The summed E-state index contributed by atoms with van der Waals surface area (Å²) in [7, 11) is 0. The van der Waals surface area contributed by atoms with Crippen molar-refractivity contribution >= 4 is 23.6 Å². The molecule has 0 aromatic heterocycles. The Hall–Kier alpha value is -1.49. The van der Waals surface area contributed by atoms with Gasteiger partial charge in [-0.25, -0.2) is 4.79 Å². The van der Waals surface area contributed by atoms with Gasteiger partial charge in [0.25, 0.3) is 5.91 Å². The molecule has 0 bridgehead atoms. The molecule has 1 amide bonds. The van der Waals surface area contributed by atoms with E-state index in [1.807, 2.05) is 11.8 Å². The molecule has 1 fully saturated rings. The molecule has 1 aromatic rings. The molecule has 0 saturated carbocycles. The van der Waals surface area contributed by atoms with Gasteiger partial charge in [0.2, 0.25) is 0 Å². The molecule has 1 aliphatic heterocycles. The Bertz CT molecular complexity index is 510. The number of carbonyl (C=O) groups is 2. The van der Waals surface area contributed by atoms with Gasteiger partial charge in [0.15, 0.2) is 0 Å². The fourth-order valence-electron chi connectivity index (χ4n) is 2.33. The van der Waals surface area contributed by atoms with Gasteiger partial charge in [0.05, 0.1) is 5.56 Å². The van der Waals surface area contributed by atoms with Crippen molar-refractivity contribution in [3.8, 4) is 0 Å². The largest absolute Gasteiger partial charge is 0.478 e. The van der Waals surface area contributed by atoms with Crippen LogP contribution in [0.15, 0.2) is 18.2 Å². The second kappa shape index (κ2) is 6.79. The second-order valence-electron chi connectivity index (χ2n) is 5.16. The average molecular weight is 293 g/mol. The summed E-state index contributed by atoms with van der Waals surface area (Å²) in [5.41, 5.74) is 1.36. The second-order valence-corrected chi connectivity index (χ2v) is 6.38. The highest BCUT2D eigenvalue weighted by Crippen LogP contribution is 2.22. The number of benzene rings is 1. The molecule has 0 atom stereocenters. The standard InChI is InChI=1S/C15H19NO3S/c1-10-6-12(8-13(7-10)15(18)19)14(17)16-9-11-2-4-20-5-3-11/h6-8,11H,2-5,9H2,1H3,(H,16,17)(H,18,19). The molecule has 1 saturated heterocycles. The number of thioether (sulfide) groups is 1. The molecule has 0 unspecified atom stereocenters. The minimum absolute atomic E-state index is 0.157. The van der Waals surface area contributed by atoms with E-state index in [4.69, 9.17) is 5.11 Å². The molecule has 0 radical (unpaired) electrons. The van der Waals surface area contributed by atoms with Gasteiger partial charge in [-0.05, 0) is 61.0 Å². The van der Waals surface area contributed by atoms with Crippen LogP contribution in [-0.2, 0) is 0 Å². The minimum Gasteiger partial charge on any atom is -0.478 e. The smallest absolute Gasteiger partial charge is 0.335 e. The first-order chi connectivity index (χ1) is 9.56. The summed E-state index contributed by atoms with van der Waals surface area (Å²) in [6.45, 7) is 2.47. The Morgan fingerprint density at radius 1 is 1.25 bits per heavy atom. The lowest BCUT2D eigenvalue weighted by Crippen LogP contribution is -2.31. The SMILES string of the molecule is Cc1cc(C(=O)O)cc(C(=O)NCC2CCSCC2)c1. The van der Waals surface area contributed by atoms with Gasteiger partial charge in [-0.1, -0.05) is 0 Å². The van der Waals surface area contributed by atoms with Crippen LogP contribution in [0.3, 0.4) is 0 Å². The minimum atomic E-state index is -1.01. The van der Waals surface area contributed by atoms with E-state index in [1.165, 1.54) is 6.07 Å². The lowest BCUT2D eigenvalue weighted by molar-refractivity contribution is 0.0696. The number of rotatable bonds is 4. The Labute approximate surface area is 123 Å². The highest BCUT2D eigenvalue weighted by molar-refractivity contribution is 7.99. The molecule has 108 valence electrons. The van der Waals surface area contributed by atoms with E-state index in [2.05, 4.69) is 5.32 Å². The Morgan fingerprint density at radius 3 is 2.55 bits per heavy atom. The number of amides is 1. The molecule has 0 aliphatic carbocycles. The molecule has 20 heavy (non-hydrogen) atoms. The number of carboxylic acid groups (broad SMARTS) is 1. The number of carboxylic acids is 1. The van der Waals surface area contributed by atoms with E-state index in [1.54, 1.807) is 19.1 Å². The summed E-state index contributed by atoms with van der Waals surface area (Å²) >= 11 is 1.96. The quantitative estimate of drug-likeness (QED) is 0.895. The van der Waals surface area contributed by atoms with Gasteiger partial charge >= 0.3 is 5.97 Å². The van der Waals surface area contributed by atoms with Crippen molar-refractivity contribution < 1.29 is 14.7 Å². The molecule has 4 nitrogen and oxygen atoms in total. The maximum atomic E-state index is 12.1. The predicted molar refractivity (Wildman–Crippen MR) is 80.5 cm³/mol. The van der Waals surface area contributed by atoms with Crippen LogP contribution in [0.5, 0.6) is 0 Å². The predicted octanol–water partition coefficient (Wildman–Crippen LogP) is 2.57. The summed E-state index contributed by atoms with van der Waals surface area (Å²) < 4.78 is 0. The molecule has 1 heterocycles. The van der Waals surface area contributed by atoms with Gasteiger partial charge < -0.3 is 10.4 Å². The zero-order chi connectivity index (χ0) is 14.5. The maximum absolute atomic E-state index is 12.1. The Morgan fingerprint density at radius 2 is 1.90 bits per heavy atom. The topological polar surface area (TPSA) is 66.4 Å². The monoisotopic (exact) mass is 293 g/mol. The van der Waals surface area contributed by atoms with Crippen LogP contribution >= 0.6 is 11.8 Å². The maximum Gasteiger partial charge on any atom is 0.335 e. The van der Waals surface area contributed by atoms with E-state index in [0.717, 1.165) is 29.9 Å². The third-order valence-electron chi connectivity index (χ3n) is 3.48. The molecule has 2 N–H and O–H groups in total. The highest BCUT2D eigenvalue weighted by Gasteiger charge is 2.16. The van der Waals surface area contributed by atoms with Crippen LogP contribution < -0.4 is 5.32 Å². The van der Waals surface area contributed by atoms with Crippen molar-refractivity contribution in [1.82, 2.24) is 5.32 Å². The normalized spacial score (nSPS) is 15.8. The molecular formula is C15H19NO3S. The van der Waals surface area contributed by atoms with E-state index in [0.29, 0.717) is 18.0 Å². The van der Waals surface area contributed by atoms with Gasteiger partial charge in [0.1, 0.15) is 0 Å². The van der Waals surface area contributed by atoms with Crippen molar-refractivity contribution in [2.24, 2.45) is 5.92 Å². The first kappa shape index (κ1) is 14.9. The highest BCUT2D eigenvalue weighted by atomic mass is 32.2. The molecule has 0 spiro atoms. The summed E-state index contributed by atoms with van der Waals surface area (Å²) in [5, 5.41) is 11.9. The summed E-state index contributed by atoms with van der Waals surface area (Å²) in [5.74, 6) is 1.67. The van der Waals surface area contributed by atoms with Gasteiger partial charge in [0, 0.05) is 12.1 Å². The van der Waals surface area contributed by atoms with Gasteiger partial charge in [-0.2, -0.15) is 11.8 Å². The molecule has 1 aliphatic rings. The molecule has 2 rings (SSSR count). The number of hydrogen-bond acceptors (Lipinski definition) is 3. The van der Waals surface area contributed by atoms with Crippen LogP contribution in [-0.4, -0.2) is 35.0 Å². The first-order valence-corrected chi connectivity index (χ1v) is 7.92. The summed E-state index contributed by atoms with van der Waals surface area (Å²) in [6, 6.07) is 4.72. The van der Waals surface area contributed by atoms with E-state index < -0.39 is 5.97 Å². The van der Waals surface area contributed by atoms with Crippen molar-refractivity contribution in [2.75, 3.05) is 18.1 Å². The van der Waals surface area contributed by atoms with Crippen LogP contribution in [0.25, 0.3) is 0 Å². The van der Waals surface area contributed by atoms with E-state index in [9.17, 15) is 9.59 Å². The lowest BCUT2D eigenvalue weighted by atomic mass is 10.0. The molecule has 1 aromatic carbocycles. The van der Waals surface area contributed by atoms with Crippen LogP contribution in [0, 0.1) is 12.8 Å². The third-order valence-corrected chi connectivity index (χ3v) is 4.53. The van der Waals surface area contributed by atoms with Crippen molar-refractivity contribution in [3.63, 3.8) is 0 Å². The first-order valence-electron chi connectivity index (χ1n) is 6.77. The van der Waals surface area contributed by atoms with E-state index in [-0.39, 0.29) is 11.5 Å². The van der Waals surface area contributed by atoms with Crippen LogP contribution in [0.4, 0.5) is 0 Å². The van der Waals surface area contributed by atoms with Crippen LogP contribution in [0.2, 0.25) is 0 Å². The zero-order valence-electron chi connectivity index (χ0n) is 11.5. The fraction of sp³-hybridized carbons (Fsp3) is 0.467. The van der Waals surface area contributed by atoms with E-state index >= 15 is 0 Å². The Kier molecular flexibility index (Phi) is 5.06. The number of aromatic carboxylic acids is 1. The fourth-order valence-corrected chi connectivity index (χ4v) is 3.53. The van der Waals surface area contributed by atoms with Crippen molar-refractivity contribution in [1.29, 1.82) is 0 Å². The van der Waals surface area contributed by atoms with Gasteiger partial charge in [-0.3, -0.25) is 4.79 Å². The molecular weight excluding hydrogens is 274 g/mol. The number of nitrogens with one attached hydrogen (secondary N) is 1. The number of carbonyl (C=O) groups excluding carboxylic acids is 1. The average Bonchev–Trinajstić information content (AvgIpc) is 2.45. The number of aryl methyl sites for hydroxylation is 1. The summed E-state index contributed by atoms with van der Waals surface area (Å²) in [4.78, 5) is 23.1. The van der Waals surface area contributed by atoms with Gasteiger partial charge in [-0.15, -0.1) is 0 Å².